The van der Waals surface area contributed by atoms with Gasteiger partial charge < -0.3 is 10.1 Å². The highest BCUT2D eigenvalue weighted by atomic mass is 16.5. The molecule has 1 N–H and O–H groups in total. The topological polar surface area (TPSA) is 34.1 Å². The van der Waals surface area contributed by atoms with Crippen LogP contribution in [-0.2, 0) is 17.9 Å². The minimum absolute atomic E-state index is 0.626. The number of nitrogens with one attached hydrogen (secondary N) is 1. The van der Waals surface area contributed by atoms with E-state index in [-0.39, 0.29) is 0 Å². The summed E-state index contributed by atoms with van der Waals surface area (Å²) in [5.74, 6) is 0.761. The first-order valence-corrected chi connectivity index (χ1v) is 7.44. The normalized spacial score (nSPS) is 11.2. The van der Waals surface area contributed by atoms with E-state index in [9.17, 15) is 0 Å². The highest BCUT2D eigenvalue weighted by Crippen LogP contribution is 2.05. The molecule has 0 radical (unpaired) electrons. The molecule has 3 nitrogen and oxygen atoms in total. The summed E-state index contributed by atoms with van der Waals surface area (Å²) in [7, 11) is 0. The van der Waals surface area contributed by atoms with Gasteiger partial charge in [-0.15, -0.1) is 0 Å². The fourth-order valence-electron chi connectivity index (χ4n) is 1.82. The smallest absolute Gasteiger partial charge is 0.0887 e. The summed E-state index contributed by atoms with van der Waals surface area (Å²) >= 11 is 0. The molecule has 1 aromatic heterocycles. The van der Waals surface area contributed by atoms with Crippen molar-refractivity contribution >= 4 is 0 Å². The van der Waals surface area contributed by atoms with Crippen molar-refractivity contribution in [3.8, 4) is 0 Å². The van der Waals surface area contributed by atoms with Crippen molar-refractivity contribution in [2.24, 2.45) is 5.92 Å². The molecular weight excluding hydrogens is 236 g/mol. The van der Waals surface area contributed by atoms with Crippen LogP contribution in [0.4, 0.5) is 0 Å². The highest BCUT2D eigenvalue weighted by molar-refractivity contribution is 5.13. The molecule has 1 heterocycles. The highest BCUT2D eigenvalue weighted by Gasteiger charge is 1.98. The van der Waals surface area contributed by atoms with Gasteiger partial charge in [-0.05, 0) is 43.4 Å². The third-order valence-electron chi connectivity index (χ3n) is 2.96. The van der Waals surface area contributed by atoms with Gasteiger partial charge in [-0.2, -0.15) is 0 Å². The van der Waals surface area contributed by atoms with E-state index in [1.807, 2.05) is 6.20 Å². The summed E-state index contributed by atoms with van der Waals surface area (Å²) < 4.78 is 5.63. The molecule has 3 heteroatoms. The van der Waals surface area contributed by atoms with E-state index in [2.05, 4.69) is 43.2 Å². The second-order valence-corrected chi connectivity index (χ2v) is 5.42. The number of pyridine rings is 1. The minimum Gasteiger partial charge on any atom is -0.375 e. The first kappa shape index (κ1) is 16.1. The first-order chi connectivity index (χ1) is 9.22. The number of nitrogens with zero attached hydrogens (tertiary/aromatic N) is 1. The molecule has 0 aliphatic rings. The van der Waals surface area contributed by atoms with Crippen LogP contribution in [0.2, 0.25) is 0 Å². The lowest BCUT2D eigenvalue weighted by Crippen LogP contribution is -2.14. The molecule has 0 saturated carbocycles. The fraction of sp³-hybridized carbons (Fsp3) is 0.688. The van der Waals surface area contributed by atoms with Gasteiger partial charge >= 0.3 is 0 Å². The standard InChI is InChI=1S/C16H28N2O/c1-4-9-17-11-15-7-8-16(18-12-15)13-19-10-5-6-14(2)3/h7-8,12,14,17H,4-6,9-11,13H2,1-3H3. The quantitative estimate of drug-likeness (QED) is 0.656. The van der Waals surface area contributed by atoms with Crippen molar-refractivity contribution < 1.29 is 4.74 Å². The number of ether oxygens (including phenoxy) is 1. The average Bonchev–Trinajstić information content (AvgIpc) is 2.40. The second-order valence-electron chi connectivity index (χ2n) is 5.42. The Bertz CT molecular complexity index is 322. The molecule has 0 bridgehead atoms. The molecule has 0 spiro atoms. The number of rotatable bonds is 10. The van der Waals surface area contributed by atoms with Crippen LogP contribution in [-0.4, -0.2) is 18.1 Å². The molecule has 1 aromatic rings. The van der Waals surface area contributed by atoms with E-state index in [1.165, 1.54) is 12.0 Å². The van der Waals surface area contributed by atoms with Crippen LogP contribution in [0, 0.1) is 5.92 Å². The molecule has 0 aromatic carbocycles. The summed E-state index contributed by atoms with van der Waals surface area (Å²) in [5, 5.41) is 3.37. The number of hydrogen-bond acceptors (Lipinski definition) is 3. The Morgan fingerprint density at radius 1 is 1.32 bits per heavy atom. The van der Waals surface area contributed by atoms with Crippen LogP contribution < -0.4 is 5.32 Å². The molecule has 19 heavy (non-hydrogen) atoms. The molecule has 0 aliphatic carbocycles. The van der Waals surface area contributed by atoms with Gasteiger partial charge in [-0.3, -0.25) is 4.98 Å². The maximum Gasteiger partial charge on any atom is 0.0887 e. The van der Waals surface area contributed by atoms with Gasteiger partial charge in [0.2, 0.25) is 0 Å². The molecule has 0 saturated heterocycles. The zero-order valence-corrected chi connectivity index (χ0v) is 12.6. The van der Waals surface area contributed by atoms with Crippen molar-refractivity contribution in [1.82, 2.24) is 10.3 Å². The zero-order chi connectivity index (χ0) is 13.9. The van der Waals surface area contributed by atoms with Crippen molar-refractivity contribution in [3.05, 3.63) is 29.6 Å². The van der Waals surface area contributed by atoms with E-state index in [0.717, 1.165) is 44.1 Å². The predicted octanol–water partition coefficient (Wildman–Crippen LogP) is 3.53. The van der Waals surface area contributed by atoms with Gasteiger partial charge in [0.05, 0.1) is 12.3 Å². The minimum atomic E-state index is 0.626. The van der Waals surface area contributed by atoms with Gasteiger partial charge in [0, 0.05) is 19.3 Å². The molecule has 0 atom stereocenters. The van der Waals surface area contributed by atoms with Gasteiger partial charge in [0.25, 0.3) is 0 Å². The summed E-state index contributed by atoms with van der Waals surface area (Å²) in [4.78, 5) is 4.43. The van der Waals surface area contributed by atoms with Crippen molar-refractivity contribution in [2.75, 3.05) is 13.2 Å². The van der Waals surface area contributed by atoms with Gasteiger partial charge in [0.1, 0.15) is 0 Å². The summed E-state index contributed by atoms with van der Waals surface area (Å²) in [6, 6.07) is 4.19. The Hall–Kier alpha value is -0.930. The average molecular weight is 264 g/mol. The third kappa shape index (κ3) is 7.96. The molecule has 108 valence electrons. The SMILES string of the molecule is CCCNCc1ccc(COCCCC(C)C)nc1. The fourth-order valence-corrected chi connectivity index (χ4v) is 1.82. The Kier molecular flexibility index (Phi) is 8.43. The Morgan fingerprint density at radius 3 is 2.79 bits per heavy atom. The van der Waals surface area contributed by atoms with Crippen LogP contribution in [0.5, 0.6) is 0 Å². The van der Waals surface area contributed by atoms with Gasteiger partial charge in [0.15, 0.2) is 0 Å². The van der Waals surface area contributed by atoms with Crippen molar-refractivity contribution in [1.29, 1.82) is 0 Å². The maximum atomic E-state index is 5.63. The summed E-state index contributed by atoms with van der Waals surface area (Å²) in [6.07, 6.45) is 5.47. The number of hydrogen-bond donors (Lipinski definition) is 1. The first-order valence-electron chi connectivity index (χ1n) is 7.44. The Morgan fingerprint density at radius 2 is 2.16 bits per heavy atom. The predicted molar refractivity (Wildman–Crippen MR) is 80.0 cm³/mol. The molecule has 1 rings (SSSR count). The molecule has 0 fully saturated rings. The third-order valence-corrected chi connectivity index (χ3v) is 2.96. The lowest BCUT2D eigenvalue weighted by Gasteiger charge is -2.07. The van der Waals surface area contributed by atoms with E-state index >= 15 is 0 Å². The van der Waals surface area contributed by atoms with Crippen LogP contribution in [0.15, 0.2) is 18.3 Å². The molecule has 0 aliphatic heterocycles. The lowest BCUT2D eigenvalue weighted by atomic mass is 10.1. The second kappa shape index (κ2) is 9.93. The van der Waals surface area contributed by atoms with E-state index < -0.39 is 0 Å². The monoisotopic (exact) mass is 264 g/mol. The maximum absolute atomic E-state index is 5.63. The lowest BCUT2D eigenvalue weighted by molar-refractivity contribution is 0.112. The summed E-state index contributed by atoms with van der Waals surface area (Å²) in [6.45, 7) is 10.1. The zero-order valence-electron chi connectivity index (χ0n) is 12.6. The molecule has 0 amide bonds. The Labute approximate surface area is 117 Å². The van der Waals surface area contributed by atoms with Crippen LogP contribution in [0.3, 0.4) is 0 Å². The van der Waals surface area contributed by atoms with E-state index in [1.54, 1.807) is 0 Å². The van der Waals surface area contributed by atoms with Crippen molar-refractivity contribution in [2.45, 2.75) is 53.2 Å². The Balaban J connectivity index is 2.17. The van der Waals surface area contributed by atoms with E-state index in [4.69, 9.17) is 4.74 Å². The van der Waals surface area contributed by atoms with E-state index in [0.29, 0.717) is 6.61 Å². The van der Waals surface area contributed by atoms with Crippen LogP contribution in [0.25, 0.3) is 0 Å². The number of aromatic nitrogens is 1. The van der Waals surface area contributed by atoms with Gasteiger partial charge in [-0.25, -0.2) is 0 Å². The molecule has 0 unspecified atom stereocenters. The van der Waals surface area contributed by atoms with Crippen LogP contribution >= 0.6 is 0 Å². The van der Waals surface area contributed by atoms with Crippen LogP contribution in [0.1, 0.15) is 51.3 Å². The molecular formula is C16H28N2O. The van der Waals surface area contributed by atoms with Crippen molar-refractivity contribution in [3.63, 3.8) is 0 Å². The van der Waals surface area contributed by atoms with Gasteiger partial charge in [-0.1, -0.05) is 26.8 Å². The summed E-state index contributed by atoms with van der Waals surface area (Å²) in [5.41, 5.74) is 2.25. The largest absolute Gasteiger partial charge is 0.375 e.